The van der Waals surface area contributed by atoms with Crippen molar-refractivity contribution in [2.45, 2.75) is 19.9 Å². The highest BCUT2D eigenvalue weighted by Gasteiger charge is 2.16. The van der Waals surface area contributed by atoms with Crippen molar-refractivity contribution in [1.82, 2.24) is 15.1 Å². The summed E-state index contributed by atoms with van der Waals surface area (Å²) in [6.07, 6.45) is 1.72. The Bertz CT molecular complexity index is 654. The Morgan fingerprint density at radius 1 is 1.50 bits per heavy atom. The first kappa shape index (κ1) is 14.7. The number of benzene rings is 1. The monoisotopic (exact) mass is 339 g/mol. The van der Waals surface area contributed by atoms with Crippen LogP contribution in [0, 0.1) is 12.7 Å². The molecule has 2 aromatic rings. The summed E-state index contributed by atoms with van der Waals surface area (Å²) < 4.78 is 15.5. The molecule has 4 nitrogen and oxygen atoms in total. The highest BCUT2D eigenvalue weighted by molar-refractivity contribution is 9.10. The lowest BCUT2D eigenvalue weighted by molar-refractivity contribution is 0.0939. The number of hydrogen-bond acceptors (Lipinski definition) is 2. The highest BCUT2D eigenvalue weighted by Crippen LogP contribution is 2.19. The first-order chi connectivity index (χ1) is 9.40. The minimum Gasteiger partial charge on any atom is -0.345 e. The summed E-state index contributed by atoms with van der Waals surface area (Å²) in [7, 11) is 1.84. The number of nitrogens with zero attached hydrogens (tertiary/aromatic N) is 2. The molecule has 2 rings (SSSR count). The number of carbonyl (C=O) groups is 1. The van der Waals surface area contributed by atoms with E-state index in [1.807, 2.05) is 20.9 Å². The zero-order chi connectivity index (χ0) is 14.9. The first-order valence-corrected chi connectivity index (χ1v) is 6.94. The maximum Gasteiger partial charge on any atom is 0.251 e. The van der Waals surface area contributed by atoms with Gasteiger partial charge in [-0.3, -0.25) is 9.48 Å². The van der Waals surface area contributed by atoms with Crippen LogP contribution in [0.1, 0.15) is 34.6 Å². The van der Waals surface area contributed by atoms with E-state index in [0.29, 0.717) is 10.0 Å². The number of amides is 1. The van der Waals surface area contributed by atoms with Crippen LogP contribution in [0.5, 0.6) is 0 Å². The minimum atomic E-state index is -0.456. The lowest BCUT2D eigenvalue weighted by Crippen LogP contribution is -2.27. The summed E-state index contributed by atoms with van der Waals surface area (Å²) in [6.45, 7) is 3.81. The molecule has 1 aromatic heterocycles. The molecule has 0 aliphatic carbocycles. The molecule has 0 spiro atoms. The van der Waals surface area contributed by atoms with E-state index in [1.54, 1.807) is 16.9 Å². The second-order valence-corrected chi connectivity index (χ2v) is 5.49. The normalized spacial score (nSPS) is 12.2. The van der Waals surface area contributed by atoms with Crippen LogP contribution in [-0.2, 0) is 7.05 Å². The Hall–Kier alpha value is -1.69. The second kappa shape index (κ2) is 5.75. The van der Waals surface area contributed by atoms with Gasteiger partial charge in [0, 0.05) is 23.9 Å². The van der Waals surface area contributed by atoms with E-state index >= 15 is 0 Å². The summed E-state index contributed by atoms with van der Waals surface area (Å²) in [5, 5.41) is 6.98. The summed E-state index contributed by atoms with van der Waals surface area (Å²) in [5.74, 6) is -0.769. The topological polar surface area (TPSA) is 46.9 Å². The van der Waals surface area contributed by atoms with Crippen molar-refractivity contribution in [2.24, 2.45) is 7.05 Å². The maximum atomic E-state index is 13.4. The number of halogens is 2. The van der Waals surface area contributed by atoms with Gasteiger partial charge in [0.2, 0.25) is 0 Å². The van der Waals surface area contributed by atoms with Crippen molar-refractivity contribution < 1.29 is 9.18 Å². The van der Waals surface area contributed by atoms with E-state index in [-0.39, 0.29) is 11.9 Å². The van der Waals surface area contributed by atoms with Crippen molar-refractivity contribution >= 4 is 21.8 Å². The quantitative estimate of drug-likeness (QED) is 0.933. The molecule has 1 heterocycles. The largest absolute Gasteiger partial charge is 0.345 e. The Morgan fingerprint density at radius 2 is 2.20 bits per heavy atom. The van der Waals surface area contributed by atoms with Crippen LogP contribution in [0.2, 0.25) is 0 Å². The van der Waals surface area contributed by atoms with E-state index in [2.05, 4.69) is 26.3 Å². The highest BCUT2D eigenvalue weighted by atomic mass is 79.9. The van der Waals surface area contributed by atoms with Gasteiger partial charge in [-0.1, -0.05) is 0 Å². The molecule has 1 aromatic carbocycles. The van der Waals surface area contributed by atoms with Gasteiger partial charge >= 0.3 is 0 Å². The van der Waals surface area contributed by atoms with Gasteiger partial charge in [-0.2, -0.15) is 5.10 Å². The smallest absolute Gasteiger partial charge is 0.251 e. The molecular weight excluding hydrogens is 325 g/mol. The molecule has 0 bridgehead atoms. The van der Waals surface area contributed by atoms with Crippen molar-refractivity contribution in [3.05, 3.63) is 51.5 Å². The lowest BCUT2D eigenvalue weighted by atomic mass is 10.1. The van der Waals surface area contributed by atoms with E-state index in [9.17, 15) is 9.18 Å². The molecule has 106 valence electrons. The Kier molecular flexibility index (Phi) is 4.23. The third-order valence-corrected chi connectivity index (χ3v) is 3.91. The molecule has 20 heavy (non-hydrogen) atoms. The molecule has 1 N–H and O–H groups in total. The van der Waals surface area contributed by atoms with Gasteiger partial charge in [0.15, 0.2) is 0 Å². The fourth-order valence-electron chi connectivity index (χ4n) is 1.94. The Morgan fingerprint density at radius 3 is 2.75 bits per heavy atom. The van der Waals surface area contributed by atoms with Crippen LogP contribution in [0.15, 0.2) is 28.9 Å². The maximum absolute atomic E-state index is 13.4. The van der Waals surface area contributed by atoms with Crippen LogP contribution in [0.4, 0.5) is 4.39 Å². The van der Waals surface area contributed by atoms with E-state index in [1.165, 1.54) is 12.1 Å². The average molecular weight is 340 g/mol. The molecule has 0 fully saturated rings. The molecule has 1 atom stereocenters. The van der Waals surface area contributed by atoms with Gasteiger partial charge < -0.3 is 5.32 Å². The zero-order valence-electron chi connectivity index (χ0n) is 11.4. The molecule has 0 saturated carbocycles. The predicted molar refractivity (Wildman–Crippen MR) is 77.9 cm³/mol. The van der Waals surface area contributed by atoms with Gasteiger partial charge in [0.1, 0.15) is 5.82 Å². The summed E-state index contributed by atoms with van der Waals surface area (Å²) in [4.78, 5) is 12.1. The third kappa shape index (κ3) is 2.90. The number of hydrogen-bond donors (Lipinski definition) is 1. The zero-order valence-corrected chi connectivity index (χ0v) is 13.0. The van der Waals surface area contributed by atoms with Crippen molar-refractivity contribution in [3.8, 4) is 0 Å². The molecular formula is C14H15BrFN3O. The van der Waals surface area contributed by atoms with Gasteiger partial charge in [0.25, 0.3) is 5.91 Å². The van der Waals surface area contributed by atoms with Gasteiger partial charge in [-0.05, 0) is 48.0 Å². The van der Waals surface area contributed by atoms with Crippen molar-refractivity contribution in [2.75, 3.05) is 0 Å². The minimum absolute atomic E-state index is 0.192. The molecule has 0 aliphatic heterocycles. The Balaban J connectivity index is 2.15. The number of aromatic nitrogens is 2. The first-order valence-electron chi connectivity index (χ1n) is 6.14. The molecule has 0 saturated heterocycles. The molecule has 1 unspecified atom stereocenters. The third-order valence-electron chi connectivity index (χ3n) is 3.27. The number of carbonyl (C=O) groups excluding carboxylic acids is 1. The van der Waals surface area contributed by atoms with Crippen LogP contribution < -0.4 is 5.32 Å². The summed E-state index contributed by atoms with van der Waals surface area (Å²) in [6, 6.07) is 4.11. The fourth-order valence-corrected chi connectivity index (χ4v) is 2.18. The van der Waals surface area contributed by atoms with Crippen LogP contribution >= 0.6 is 15.9 Å². The van der Waals surface area contributed by atoms with Crippen molar-refractivity contribution in [1.29, 1.82) is 0 Å². The average Bonchev–Trinajstić information content (AvgIpc) is 2.73. The van der Waals surface area contributed by atoms with Crippen LogP contribution in [-0.4, -0.2) is 15.7 Å². The van der Waals surface area contributed by atoms with Gasteiger partial charge in [-0.15, -0.1) is 0 Å². The van der Waals surface area contributed by atoms with E-state index < -0.39 is 5.82 Å². The van der Waals surface area contributed by atoms with E-state index in [4.69, 9.17) is 0 Å². The van der Waals surface area contributed by atoms with Gasteiger partial charge in [-0.25, -0.2) is 4.39 Å². The SMILES string of the molecule is Cc1c(C(C)NC(=O)c2ccc(Br)c(F)c2)cnn1C. The Labute approximate surface area is 125 Å². The van der Waals surface area contributed by atoms with Crippen LogP contribution in [0.3, 0.4) is 0 Å². The molecule has 0 aliphatic rings. The standard InChI is InChI=1S/C14H15BrFN3O/c1-8(11-7-17-19(3)9(11)2)18-14(20)10-4-5-12(15)13(16)6-10/h4-8H,1-3H3,(H,18,20). The summed E-state index contributed by atoms with van der Waals surface area (Å²) in [5.41, 5.74) is 2.22. The summed E-state index contributed by atoms with van der Waals surface area (Å²) >= 11 is 3.06. The lowest BCUT2D eigenvalue weighted by Gasteiger charge is -2.14. The second-order valence-electron chi connectivity index (χ2n) is 4.63. The molecule has 0 radical (unpaired) electrons. The predicted octanol–water partition coefficient (Wildman–Crippen LogP) is 3.12. The number of nitrogens with one attached hydrogen (secondary N) is 1. The van der Waals surface area contributed by atoms with E-state index in [0.717, 1.165) is 11.3 Å². The van der Waals surface area contributed by atoms with Crippen molar-refractivity contribution in [3.63, 3.8) is 0 Å². The van der Waals surface area contributed by atoms with Crippen LogP contribution in [0.25, 0.3) is 0 Å². The number of rotatable bonds is 3. The number of aryl methyl sites for hydroxylation is 1. The fraction of sp³-hybridized carbons (Fsp3) is 0.286. The van der Waals surface area contributed by atoms with Gasteiger partial charge in [0.05, 0.1) is 16.7 Å². The molecule has 6 heteroatoms. The molecule has 1 amide bonds.